The predicted molar refractivity (Wildman–Crippen MR) is 85.0 cm³/mol. The van der Waals surface area contributed by atoms with Crippen LogP contribution in [0, 0.1) is 0 Å². The molecule has 0 radical (unpaired) electrons. The van der Waals surface area contributed by atoms with Gasteiger partial charge in [-0.1, -0.05) is 29.8 Å². The van der Waals surface area contributed by atoms with Crippen molar-refractivity contribution in [3.05, 3.63) is 34.2 Å². The van der Waals surface area contributed by atoms with E-state index in [0.717, 1.165) is 10.1 Å². The molecule has 0 aliphatic heterocycles. The summed E-state index contributed by atoms with van der Waals surface area (Å²) in [4.78, 5) is 25.9. The van der Waals surface area contributed by atoms with Gasteiger partial charge in [0.25, 0.3) is 5.91 Å². The number of carbonyl (C=O) groups excluding carboxylic acids is 2. The predicted octanol–water partition coefficient (Wildman–Crippen LogP) is 3.58. The van der Waals surface area contributed by atoms with Gasteiger partial charge in [0.1, 0.15) is 4.88 Å². The second kappa shape index (κ2) is 6.91. The van der Waals surface area contributed by atoms with Gasteiger partial charge in [-0.05, 0) is 13.0 Å². The van der Waals surface area contributed by atoms with Gasteiger partial charge in [0.05, 0.1) is 18.6 Å². The van der Waals surface area contributed by atoms with Crippen molar-refractivity contribution in [1.29, 1.82) is 0 Å². The second-order valence-corrected chi connectivity index (χ2v) is 5.88. The molecule has 0 aliphatic carbocycles. The molecule has 0 atom stereocenters. The number of hydrogen-bond donors (Lipinski definition) is 0. The lowest BCUT2D eigenvalue weighted by Crippen LogP contribution is -2.32. The van der Waals surface area contributed by atoms with Gasteiger partial charge >= 0.3 is 5.97 Å². The number of ether oxygens (including phenoxy) is 1. The summed E-state index contributed by atoms with van der Waals surface area (Å²) < 4.78 is 5.58. The SMILES string of the molecule is CCN(CCC(=O)OC)C(=O)c1sc2ccccc2c1Cl. The molecule has 0 aliphatic rings. The fraction of sp³-hybridized carbons (Fsp3) is 0.333. The molecule has 2 rings (SSSR count). The van der Waals surface area contributed by atoms with Gasteiger partial charge in [0.2, 0.25) is 0 Å². The number of hydrogen-bond acceptors (Lipinski definition) is 4. The minimum absolute atomic E-state index is 0.146. The van der Waals surface area contributed by atoms with Crippen LogP contribution >= 0.6 is 22.9 Å². The molecule has 6 heteroatoms. The highest BCUT2D eigenvalue weighted by atomic mass is 35.5. The third-order valence-corrected chi connectivity index (χ3v) is 4.88. The van der Waals surface area contributed by atoms with Crippen molar-refractivity contribution >= 4 is 44.9 Å². The van der Waals surface area contributed by atoms with Gasteiger partial charge < -0.3 is 9.64 Å². The van der Waals surface area contributed by atoms with E-state index in [4.69, 9.17) is 11.6 Å². The van der Waals surface area contributed by atoms with Crippen LogP contribution in [0.3, 0.4) is 0 Å². The summed E-state index contributed by atoms with van der Waals surface area (Å²) in [6.07, 6.45) is 0.179. The molecule has 1 aromatic heterocycles. The van der Waals surface area contributed by atoms with Crippen LogP contribution in [0.25, 0.3) is 10.1 Å². The highest BCUT2D eigenvalue weighted by molar-refractivity contribution is 7.21. The Morgan fingerprint density at radius 1 is 1.33 bits per heavy atom. The Kier molecular flexibility index (Phi) is 5.20. The number of rotatable bonds is 5. The highest BCUT2D eigenvalue weighted by Crippen LogP contribution is 2.35. The molecular weight excluding hydrogens is 310 g/mol. The Labute approximate surface area is 132 Å². The average Bonchev–Trinajstić information content (AvgIpc) is 2.85. The molecule has 112 valence electrons. The lowest BCUT2D eigenvalue weighted by Gasteiger charge is -2.19. The van der Waals surface area contributed by atoms with E-state index < -0.39 is 0 Å². The third-order valence-electron chi connectivity index (χ3n) is 3.21. The summed E-state index contributed by atoms with van der Waals surface area (Å²) in [5.74, 6) is -0.476. The number of thiophene rings is 1. The minimum atomic E-state index is -0.330. The van der Waals surface area contributed by atoms with Crippen LogP contribution in [0.5, 0.6) is 0 Å². The van der Waals surface area contributed by atoms with E-state index in [1.165, 1.54) is 18.4 Å². The molecule has 1 aromatic carbocycles. The van der Waals surface area contributed by atoms with Crippen LogP contribution in [-0.4, -0.2) is 37.0 Å². The Morgan fingerprint density at radius 2 is 2.05 bits per heavy atom. The fourth-order valence-electron chi connectivity index (χ4n) is 2.03. The molecule has 0 saturated heterocycles. The smallest absolute Gasteiger partial charge is 0.307 e. The number of amides is 1. The van der Waals surface area contributed by atoms with Crippen molar-refractivity contribution < 1.29 is 14.3 Å². The van der Waals surface area contributed by atoms with E-state index in [-0.39, 0.29) is 18.3 Å². The first-order valence-corrected chi connectivity index (χ1v) is 7.81. The van der Waals surface area contributed by atoms with E-state index in [9.17, 15) is 9.59 Å². The van der Waals surface area contributed by atoms with Crippen LogP contribution in [0.4, 0.5) is 0 Å². The maximum absolute atomic E-state index is 12.6. The maximum Gasteiger partial charge on any atom is 0.307 e. The van der Waals surface area contributed by atoms with E-state index in [0.29, 0.717) is 23.0 Å². The Balaban J connectivity index is 2.23. The van der Waals surface area contributed by atoms with Gasteiger partial charge in [0, 0.05) is 23.2 Å². The lowest BCUT2D eigenvalue weighted by atomic mass is 10.2. The molecule has 1 amide bonds. The first kappa shape index (κ1) is 15.8. The van der Waals surface area contributed by atoms with Crippen molar-refractivity contribution in [2.24, 2.45) is 0 Å². The largest absolute Gasteiger partial charge is 0.469 e. The standard InChI is InChI=1S/C15H16ClNO3S/c1-3-17(9-8-12(18)20-2)15(19)14-13(16)10-6-4-5-7-11(10)21-14/h4-7H,3,8-9H2,1-2H3. The van der Waals surface area contributed by atoms with Crippen LogP contribution < -0.4 is 0 Å². The number of fused-ring (bicyclic) bond motifs is 1. The maximum atomic E-state index is 12.6. The van der Waals surface area contributed by atoms with Crippen molar-refractivity contribution in [2.75, 3.05) is 20.2 Å². The number of nitrogens with zero attached hydrogens (tertiary/aromatic N) is 1. The molecular formula is C15H16ClNO3S. The zero-order valence-electron chi connectivity index (χ0n) is 11.9. The van der Waals surface area contributed by atoms with Crippen LogP contribution in [0.15, 0.2) is 24.3 Å². The summed E-state index contributed by atoms with van der Waals surface area (Å²) in [7, 11) is 1.34. The molecule has 0 N–H and O–H groups in total. The van der Waals surface area contributed by atoms with E-state index >= 15 is 0 Å². The lowest BCUT2D eigenvalue weighted by molar-refractivity contribution is -0.140. The fourth-order valence-corrected chi connectivity index (χ4v) is 3.51. The number of benzene rings is 1. The molecule has 2 aromatic rings. The molecule has 4 nitrogen and oxygen atoms in total. The molecule has 0 spiro atoms. The van der Waals surface area contributed by atoms with Gasteiger partial charge in [0.15, 0.2) is 0 Å². The molecule has 1 heterocycles. The Morgan fingerprint density at radius 3 is 2.67 bits per heavy atom. The molecule has 0 fully saturated rings. The summed E-state index contributed by atoms with van der Waals surface area (Å²) in [5, 5.41) is 1.37. The van der Waals surface area contributed by atoms with E-state index in [1.54, 1.807) is 4.90 Å². The molecule has 21 heavy (non-hydrogen) atoms. The monoisotopic (exact) mass is 325 g/mol. The molecule has 0 unspecified atom stereocenters. The highest BCUT2D eigenvalue weighted by Gasteiger charge is 2.22. The quantitative estimate of drug-likeness (QED) is 0.789. The number of halogens is 1. The molecule has 0 saturated carbocycles. The summed E-state index contributed by atoms with van der Waals surface area (Å²) in [6, 6.07) is 7.64. The second-order valence-electron chi connectivity index (χ2n) is 4.45. The zero-order chi connectivity index (χ0) is 15.4. The van der Waals surface area contributed by atoms with Crippen molar-refractivity contribution in [2.45, 2.75) is 13.3 Å². The third kappa shape index (κ3) is 3.36. The van der Waals surface area contributed by atoms with Gasteiger partial charge in [-0.2, -0.15) is 0 Å². The van der Waals surface area contributed by atoms with Gasteiger partial charge in [-0.3, -0.25) is 9.59 Å². The topological polar surface area (TPSA) is 46.6 Å². The Hall–Kier alpha value is -1.59. The minimum Gasteiger partial charge on any atom is -0.469 e. The first-order chi connectivity index (χ1) is 10.1. The van der Waals surface area contributed by atoms with Crippen LogP contribution in [0.2, 0.25) is 5.02 Å². The van der Waals surface area contributed by atoms with E-state index in [1.807, 2.05) is 31.2 Å². The van der Waals surface area contributed by atoms with Crippen molar-refractivity contribution in [3.8, 4) is 0 Å². The number of methoxy groups -OCH3 is 1. The summed E-state index contributed by atoms with van der Waals surface area (Å²) >= 11 is 7.69. The Bertz CT molecular complexity index is 668. The van der Waals surface area contributed by atoms with Gasteiger partial charge in [-0.15, -0.1) is 11.3 Å². The summed E-state index contributed by atoms with van der Waals surface area (Å²) in [5.41, 5.74) is 0. The number of esters is 1. The van der Waals surface area contributed by atoms with Crippen molar-refractivity contribution in [3.63, 3.8) is 0 Å². The summed E-state index contributed by atoms with van der Waals surface area (Å²) in [6.45, 7) is 2.71. The number of carbonyl (C=O) groups is 2. The van der Waals surface area contributed by atoms with Gasteiger partial charge in [-0.25, -0.2) is 0 Å². The average molecular weight is 326 g/mol. The van der Waals surface area contributed by atoms with Crippen LogP contribution in [0.1, 0.15) is 23.0 Å². The molecule has 0 bridgehead atoms. The zero-order valence-corrected chi connectivity index (χ0v) is 13.5. The normalized spacial score (nSPS) is 10.6. The van der Waals surface area contributed by atoms with Crippen molar-refractivity contribution in [1.82, 2.24) is 4.90 Å². The first-order valence-electron chi connectivity index (χ1n) is 6.61. The van der Waals surface area contributed by atoms with E-state index in [2.05, 4.69) is 4.74 Å². The van der Waals surface area contributed by atoms with Crippen LogP contribution in [-0.2, 0) is 9.53 Å².